The van der Waals surface area contributed by atoms with Gasteiger partial charge in [0.05, 0.1) is 12.6 Å². The Balaban J connectivity index is 1.76. The van der Waals surface area contributed by atoms with Gasteiger partial charge >= 0.3 is 0 Å². The highest BCUT2D eigenvalue weighted by atomic mass is 35.5. The summed E-state index contributed by atoms with van der Waals surface area (Å²) in [7, 11) is 0. The number of hydrogen-bond donors (Lipinski definition) is 1. The van der Waals surface area contributed by atoms with Crippen LogP contribution in [0.5, 0.6) is 5.75 Å². The van der Waals surface area contributed by atoms with Crippen LogP contribution >= 0.6 is 11.6 Å². The Bertz CT molecular complexity index is 755. The molecule has 0 saturated carbocycles. The van der Waals surface area contributed by atoms with Gasteiger partial charge in [0.25, 0.3) is 0 Å². The van der Waals surface area contributed by atoms with Gasteiger partial charge in [-0.15, -0.1) is 0 Å². The second kappa shape index (κ2) is 5.93. The molecule has 2 nitrogen and oxygen atoms in total. The molecule has 0 fully saturated rings. The number of rotatable bonds is 3. The Morgan fingerprint density at radius 1 is 1.17 bits per heavy atom. The maximum absolute atomic E-state index is 6.46. The molecule has 118 valence electrons. The zero-order chi connectivity index (χ0) is 15.8. The molecule has 0 aromatic heterocycles. The summed E-state index contributed by atoms with van der Waals surface area (Å²) in [6.07, 6.45) is 5.71. The first-order valence-electron chi connectivity index (χ1n) is 8.22. The van der Waals surface area contributed by atoms with Crippen LogP contribution < -0.4 is 10.1 Å². The lowest BCUT2D eigenvalue weighted by Crippen LogP contribution is -2.29. The number of benzene rings is 2. The highest BCUT2D eigenvalue weighted by Gasteiger charge is 2.38. The number of fused-ring (bicyclic) bond motifs is 3. The fourth-order valence-electron chi connectivity index (χ4n) is 3.86. The summed E-state index contributed by atoms with van der Waals surface area (Å²) in [5.74, 6) is 1.87. The van der Waals surface area contributed by atoms with Gasteiger partial charge in [-0.25, -0.2) is 0 Å². The number of hydrogen-bond acceptors (Lipinski definition) is 2. The van der Waals surface area contributed by atoms with Gasteiger partial charge in [0.15, 0.2) is 0 Å². The predicted molar refractivity (Wildman–Crippen MR) is 95.4 cm³/mol. The Hall–Kier alpha value is -1.93. The van der Waals surface area contributed by atoms with Crippen LogP contribution in [-0.2, 0) is 0 Å². The number of ether oxygens (including phenoxy) is 1. The topological polar surface area (TPSA) is 21.3 Å². The summed E-state index contributed by atoms with van der Waals surface area (Å²) in [6.45, 7) is 2.71. The van der Waals surface area contributed by atoms with Crippen molar-refractivity contribution in [1.82, 2.24) is 0 Å². The van der Waals surface area contributed by atoms with Crippen molar-refractivity contribution in [2.75, 3.05) is 11.9 Å². The molecule has 0 spiro atoms. The van der Waals surface area contributed by atoms with Crippen molar-refractivity contribution in [3.05, 3.63) is 70.8 Å². The summed E-state index contributed by atoms with van der Waals surface area (Å²) in [4.78, 5) is 0. The van der Waals surface area contributed by atoms with Crippen LogP contribution in [-0.4, -0.2) is 6.61 Å². The molecule has 2 aromatic rings. The standard InChI is InChI=1S/C20H20ClNO/c1-2-23-13-10-11-19-17(12-13)14-7-5-8-15(14)20(22-19)16-6-3-4-9-18(16)21/h3-7,9-12,14-15,20,22H,2,8H2,1H3/t14-,15+,20-/m1/s1. The quantitative estimate of drug-likeness (QED) is 0.745. The predicted octanol–water partition coefficient (Wildman–Crippen LogP) is 5.57. The molecule has 0 amide bonds. The van der Waals surface area contributed by atoms with E-state index in [2.05, 4.69) is 41.7 Å². The fourth-order valence-corrected chi connectivity index (χ4v) is 4.12. The first-order chi connectivity index (χ1) is 11.3. The second-order valence-corrected chi connectivity index (χ2v) is 6.59. The average Bonchev–Trinajstić information content (AvgIpc) is 3.05. The van der Waals surface area contributed by atoms with Crippen molar-refractivity contribution in [2.45, 2.75) is 25.3 Å². The molecule has 1 heterocycles. The van der Waals surface area contributed by atoms with Gasteiger partial charge in [-0.2, -0.15) is 0 Å². The van der Waals surface area contributed by atoms with Crippen molar-refractivity contribution in [3.8, 4) is 5.75 Å². The SMILES string of the molecule is CCOc1ccc2c(c1)[C@@H]1C=CC[C@@H]1[C@H](c1ccccc1Cl)N2. The fraction of sp³-hybridized carbons (Fsp3) is 0.300. The Morgan fingerprint density at radius 2 is 2.04 bits per heavy atom. The number of allylic oxidation sites excluding steroid dienone is 2. The first-order valence-corrected chi connectivity index (χ1v) is 8.60. The number of anilines is 1. The highest BCUT2D eigenvalue weighted by molar-refractivity contribution is 6.31. The van der Waals surface area contributed by atoms with E-state index < -0.39 is 0 Å². The summed E-state index contributed by atoms with van der Waals surface area (Å²) < 4.78 is 5.68. The molecule has 3 atom stereocenters. The van der Waals surface area contributed by atoms with Crippen LogP contribution in [0.1, 0.15) is 36.4 Å². The van der Waals surface area contributed by atoms with Gasteiger partial charge < -0.3 is 10.1 Å². The van der Waals surface area contributed by atoms with E-state index in [1.807, 2.05) is 25.1 Å². The third-order valence-electron chi connectivity index (χ3n) is 4.89. The molecular weight excluding hydrogens is 306 g/mol. The lowest BCUT2D eigenvalue weighted by Gasteiger charge is -2.38. The third kappa shape index (κ3) is 2.51. The van der Waals surface area contributed by atoms with Crippen molar-refractivity contribution in [3.63, 3.8) is 0 Å². The van der Waals surface area contributed by atoms with E-state index >= 15 is 0 Å². The van der Waals surface area contributed by atoms with Crippen LogP contribution in [0.25, 0.3) is 0 Å². The molecule has 23 heavy (non-hydrogen) atoms. The maximum atomic E-state index is 6.46. The molecule has 2 aliphatic rings. The van der Waals surface area contributed by atoms with E-state index in [4.69, 9.17) is 16.3 Å². The normalized spacial score (nSPS) is 24.7. The minimum atomic E-state index is 0.245. The number of nitrogens with one attached hydrogen (secondary N) is 1. The van der Waals surface area contributed by atoms with Crippen LogP contribution in [0.2, 0.25) is 5.02 Å². The molecular formula is C20H20ClNO. The average molecular weight is 326 g/mol. The Kier molecular flexibility index (Phi) is 3.78. The molecule has 4 rings (SSSR count). The van der Waals surface area contributed by atoms with E-state index in [9.17, 15) is 0 Å². The van der Waals surface area contributed by atoms with E-state index in [0.717, 1.165) is 17.2 Å². The zero-order valence-corrected chi connectivity index (χ0v) is 13.9. The zero-order valence-electron chi connectivity index (χ0n) is 13.1. The van der Waals surface area contributed by atoms with Crippen LogP contribution in [0.3, 0.4) is 0 Å². The summed E-state index contributed by atoms with van der Waals surface area (Å²) in [5, 5.41) is 4.55. The van der Waals surface area contributed by atoms with Gasteiger partial charge in [-0.3, -0.25) is 0 Å². The van der Waals surface area contributed by atoms with E-state index in [-0.39, 0.29) is 6.04 Å². The van der Waals surface area contributed by atoms with Gasteiger partial charge in [0, 0.05) is 16.6 Å². The monoisotopic (exact) mass is 325 g/mol. The van der Waals surface area contributed by atoms with E-state index in [1.54, 1.807) is 0 Å². The second-order valence-electron chi connectivity index (χ2n) is 6.18. The number of halogens is 1. The van der Waals surface area contributed by atoms with Crippen molar-refractivity contribution < 1.29 is 4.74 Å². The van der Waals surface area contributed by atoms with Crippen molar-refractivity contribution in [1.29, 1.82) is 0 Å². The molecule has 0 radical (unpaired) electrons. The van der Waals surface area contributed by atoms with Gasteiger partial charge in [-0.1, -0.05) is 42.0 Å². The Morgan fingerprint density at radius 3 is 2.87 bits per heavy atom. The van der Waals surface area contributed by atoms with Crippen LogP contribution in [0.4, 0.5) is 5.69 Å². The molecule has 0 saturated heterocycles. The van der Waals surface area contributed by atoms with E-state index in [1.165, 1.54) is 16.8 Å². The molecule has 2 aromatic carbocycles. The summed E-state index contributed by atoms with van der Waals surface area (Å²) in [6, 6.07) is 14.8. The molecule has 1 N–H and O–H groups in total. The van der Waals surface area contributed by atoms with Crippen LogP contribution in [0.15, 0.2) is 54.6 Å². The largest absolute Gasteiger partial charge is 0.494 e. The van der Waals surface area contributed by atoms with Gasteiger partial charge in [0.1, 0.15) is 5.75 Å². The maximum Gasteiger partial charge on any atom is 0.119 e. The molecule has 1 aliphatic heterocycles. The van der Waals surface area contributed by atoms with E-state index in [0.29, 0.717) is 18.4 Å². The van der Waals surface area contributed by atoms with Crippen molar-refractivity contribution in [2.24, 2.45) is 5.92 Å². The minimum absolute atomic E-state index is 0.245. The molecule has 3 heteroatoms. The smallest absolute Gasteiger partial charge is 0.119 e. The van der Waals surface area contributed by atoms with Gasteiger partial charge in [0.2, 0.25) is 0 Å². The highest BCUT2D eigenvalue weighted by Crippen LogP contribution is 2.51. The Labute approximate surface area is 142 Å². The third-order valence-corrected chi connectivity index (χ3v) is 5.23. The molecule has 0 bridgehead atoms. The summed E-state index contributed by atoms with van der Waals surface area (Å²) in [5.41, 5.74) is 3.71. The van der Waals surface area contributed by atoms with Crippen LogP contribution in [0, 0.1) is 5.92 Å². The molecule has 1 aliphatic carbocycles. The molecule has 0 unspecified atom stereocenters. The minimum Gasteiger partial charge on any atom is -0.494 e. The first kappa shape index (κ1) is 14.6. The lowest BCUT2D eigenvalue weighted by atomic mass is 9.77. The summed E-state index contributed by atoms with van der Waals surface area (Å²) >= 11 is 6.46. The van der Waals surface area contributed by atoms with Crippen molar-refractivity contribution >= 4 is 17.3 Å². The van der Waals surface area contributed by atoms with Gasteiger partial charge in [-0.05, 0) is 54.7 Å². The lowest BCUT2D eigenvalue weighted by molar-refractivity contribution is 0.338.